The Morgan fingerprint density at radius 2 is 1.97 bits per heavy atom. The van der Waals surface area contributed by atoms with E-state index in [0.29, 0.717) is 31.4 Å². The van der Waals surface area contributed by atoms with Crippen LogP contribution in [0.1, 0.15) is 27.7 Å². The number of aromatic nitrogens is 2. The second-order valence-electron chi connectivity index (χ2n) is 7.63. The Morgan fingerprint density at radius 1 is 1.22 bits per heavy atom. The van der Waals surface area contributed by atoms with Crippen molar-refractivity contribution in [3.8, 4) is 11.1 Å². The highest BCUT2D eigenvalue weighted by atomic mass is 79.9. The zero-order chi connectivity index (χ0) is 25.8. The largest absolute Gasteiger partial charge is 0.462 e. The Hall–Kier alpha value is -2.79. The first kappa shape index (κ1) is 26.3. The standard InChI is InChI=1S/C25H21BrClFN4O2S2/c1-3-34-24(33)21-20(15-8-5-4-6-9-15)14(2)36-23(21)30-25(35)29-22-17(26)13-32(31-22)12-16-18(27)10-7-11-19(16)28/h4-11,13H,3,12H2,1-2H3,(H2,29,30,31,35). The summed E-state index contributed by atoms with van der Waals surface area (Å²) in [4.78, 5) is 13.9. The van der Waals surface area contributed by atoms with E-state index in [9.17, 15) is 9.18 Å². The number of thiophene rings is 1. The van der Waals surface area contributed by atoms with Gasteiger partial charge in [-0.2, -0.15) is 5.10 Å². The fourth-order valence-electron chi connectivity index (χ4n) is 3.63. The van der Waals surface area contributed by atoms with Crippen LogP contribution in [0.15, 0.2) is 59.2 Å². The summed E-state index contributed by atoms with van der Waals surface area (Å²) in [6, 6.07) is 14.2. The molecule has 0 aliphatic heterocycles. The number of rotatable bonds is 7. The number of esters is 1. The van der Waals surface area contributed by atoms with Crippen LogP contribution in [-0.4, -0.2) is 27.5 Å². The Labute approximate surface area is 230 Å². The van der Waals surface area contributed by atoms with Crippen molar-refractivity contribution in [3.05, 3.63) is 86.0 Å². The number of hydrogen-bond donors (Lipinski definition) is 2. The third-order valence-corrected chi connectivity index (χ3v) is 7.34. The van der Waals surface area contributed by atoms with Gasteiger partial charge in [-0.25, -0.2) is 9.18 Å². The Balaban J connectivity index is 1.57. The van der Waals surface area contributed by atoms with Crippen molar-refractivity contribution in [1.82, 2.24) is 9.78 Å². The van der Waals surface area contributed by atoms with Gasteiger partial charge in [0.1, 0.15) is 16.4 Å². The molecule has 4 aromatic rings. The van der Waals surface area contributed by atoms with E-state index in [-0.39, 0.29) is 18.3 Å². The maximum atomic E-state index is 14.2. The molecule has 0 saturated carbocycles. The molecular weight excluding hydrogens is 587 g/mol. The van der Waals surface area contributed by atoms with Gasteiger partial charge >= 0.3 is 5.97 Å². The summed E-state index contributed by atoms with van der Waals surface area (Å²) in [5.41, 5.74) is 2.47. The molecule has 2 aromatic carbocycles. The average Bonchev–Trinajstić information content (AvgIpc) is 3.35. The highest BCUT2D eigenvalue weighted by Gasteiger charge is 2.25. The van der Waals surface area contributed by atoms with Gasteiger partial charge in [-0.3, -0.25) is 4.68 Å². The van der Waals surface area contributed by atoms with Crippen LogP contribution in [0.4, 0.5) is 15.2 Å². The van der Waals surface area contributed by atoms with E-state index in [1.54, 1.807) is 29.9 Å². The van der Waals surface area contributed by atoms with E-state index in [1.807, 2.05) is 37.3 Å². The van der Waals surface area contributed by atoms with Gasteiger partial charge in [-0.15, -0.1) is 11.3 Å². The molecule has 2 aromatic heterocycles. The number of carbonyl (C=O) groups is 1. The Bertz CT molecular complexity index is 1400. The van der Waals surface area contributed by atoms with Gasteiger partial charge in [0.15, 0.2) is 10.9 Å². The zero-order valence-electron chi connectivity index (χ0n) is 19.3. The van der Waals surface area contributed by atoms with Crippen LogP contribution in [0.5, 0.6) is 0 Å². The molecule has 2 N–H and O–H groups in total. The molecule has 0 radical (unpaired) electrons. The molecule has 36 heavy (non-hydrogen) atoms. The maximum absolute atomic E-state index is 14.2. The predicted octanol–water partition coefficient (Wildman–Crippen LogP) is 7.51. The number of carbonyl (C=O) groups excluding carboxylic acids is 1. The first-order valence-corrected chi connectivity index (χ1v) is 13.3. The van der Waals surface area contributed by atoms with Gasteiger partial charge in [0.25, 0.3) is 0 Å². The molecule has 0 amide bonds. The molecule has 0 unspecified atom stereocenters. The summed E-state index contributed by atoms with van der Waals surface area (Å²) in [5, 5.41) is 11.7. The van der Waals surface area contributed by atoms with Crippen molar-refractivity contribution < 1.29 is 13.9 Å². The number of ether oxygens (including phenoxy) is 1. The van der Waals surface area contributed by atoms with E-state index >= 15 is 0 Å². The molecule has 0 saturated heterocycles. The van der Waals surface area contributed by atoms with Crippen LogP contribution in [-0.2, 0) is 11.3 Å². The molecule has 0 aliphatic carbocycles. The quantitative estimate of drug-likeness (QED) is 0.167. The van der Waals surface area contributed by atoms with Crippen molar-refractivity contribution in [2.45, 2.75) is 20.4 Å². The highest BCUT2D eigenvalue weighted by Crippen LogP contribution is 2.40. The van der Waals surface area contributed by atoms with E-state index in [0.717, 1.165) is 16.0 Å². The lowest BCUT2D eigenvalue weighted by atomic mass is 10.0. The molecular formula is C25H21BrClFN4O2S2. The van der Waals surface area contributed by atoms with Gasteiger partial charge in [0, 0.05) is 27.2 Å². The highest BCUT2D eigenvalue weighted by molar-refractivity contribution is 9.10. The minimum absolute atomic E-state index is 0.142. The van der Waals surface area contributed by atoms with E-state index < -0.39 is 11.8 Å². The van der Waals surface area contributed by atoms with Crippen LogP contribution < -0.4 is 10.6 Å². The van der Waals surface area contributed by atoms with Gasteiger partial charge in [-0.1, -0.05) is 48.0 Å². The second-order valence-corrected chi connectivity index (χ2v) is 10.5. The lowest BCUT2D eigenvalue weighted by molar-refractivity contribution is 0.0529. The fraction of sp³-hybridized carbons (Fsp3) is 0.160. The molecule has 0 bridgehead atoms. The molecule has 6 nitrogen and oxygen atoms in total. The molecule has 0 fully saturated rings. The van der Waals surface area contributed by atoms with Crippen LogP contribution in [0, 0.1) is 12.7 Å². The van der Waals surface area contributed by atoms with Gasteiger partial charge < -0.3 is 15.4 Å². The number of thiocarbonyl (C=S) groups is 1. The number of nitrogens with one attached hydrogen (secondary N) is 2. The summed E-state index contributed by atoms with van der Waals surface area (Å²) in [6.45, 7) is 4.11. The molecule has 11 heteroatoms. The van der Waals surface area contributed by atoms with Crippen molar-refractivity contribution >= 4 is 73.0 Å². The summed E-state index contributed by atoms with van der Waals surface area (Å²) in [7, 11) is 0. The summed E-state index contributed by atoms with van der Waals surface area (Å²) < 4.78 is 21.7. The lowest BCUT2D eigenvalue weighted by Crippen LogP contribution is -2.21. The third kappa shape index (κ3) is 5.78. The first-order chi connectivity index (χ1) is 17.3. The van der Waals surface area contributed by atoms with Crippen LogP contribution in [0.25, 0.3) is 11.1 Å². The first-order valence-electron chi connectivity index (χ1n) is 10.9. The Morgan fingerprint density at radius 3 is 2.67 bits per heavy atom. The summed E-state index contributed by atoms with van der Waals surface area (Å²) in [5.74, 6) is -0.415. The predicted molar refractivity (Wildman–Crippen MR) is 151 cm³/mol. The normalized spacial score (nSPS) is 10.8. The number of benzene rings is 2. The maximum Gasteiger partial charge on any atom is 0.341 e. The monoisotopic (exact) mass is 606 g/mol. The molecule has 0 atom stereocenters. The summed E-state index contributed by atoms with van der Waals surface area (Å²) in [6.07, 6.45) is 1.69. The number of hydrogen-bond acceptors (Lipinski definition) is 5. The smallest absolute Gasteiger partial charge is 0.341 e. The SMILES string of the molecule is CCOC(=O)c1c(NC(=S)Nc2nn(Cc3c(F)cccc3Cl)cc2Br)sc(C)c1-c1ccccc1. The fourth-order valence-corrected chi connectivity index (χ4v) is 5.60. The summed E-state index contributed by atoms with van der Waals surface area (Å²) >= 11 is 16.5. The van der Waals surface area contributed by atoms with Crippen molar-refractivity contribution in [2.75, 3.05) is 17.2 Å². The Kier molecular flexibility index (Phi) is 8.40. The van der Waals surface area contributed by atoms with Gasteiger partial charge in [0.05, 0.1) is 17.6 Å². The van der Waals surface area contributed by atoms with E-state index in [2.05, 4.69) is 31.7 Å². The van der Waals surface area contributed by atoms with E-state index in [1.165, 1.54) is 17.4 Å². The number of aryl methyl sites for hydroxylation is 1. The second kappa shape index (κ2) is 11.5. The molecule has 0 spiro atoms. The lowest BCUT2D eigenvalue weighted by Gasteiger charge is -2.11. The minimum Gasteiger partial charge on any atom is -0.462 e. The number of halogens is 3. The minimum atomic E-state index is -0.432. The van der Waals surface area contributed by atoms with Gasteiger partial charge in [-0.05, 0) is 59.7 Å². The molecule has 4 rings (SSSR count). The van der Waals surface area contributed by atoms with Crippen molar-refractivity contribution in [2.24, 2.45) is 0 Å². The van der Waals surface area contributed by atoms with Gasteiger partial charge in [0.2, 0.25) is 0 Å². The van der Waals surface area contributed by atoms with Crippen molar-refractivity contribution in [3.63, 3.8) is 0 Å². The zero-order valence-corrected chi connectivity index (χ0v) is 23.2. The van der Waals surface area contributed by atoms with Crippen LogP contribution in [0.3, 0.4) is 0 Å². The molecule has 2 heterocycles. The van der Waals surface area contributed by atoms with Crippen LogP contribution in [0.2, 0.25) is 5.02 Å². The van der Waals surface area contributed by atoms with Crippen molar-refractivity contribution in [1.29, 1.82) is 0 Å². The topological polar surface area (TPSA) is 68.2 Å². The third-order valence-electron chi connectivity index (χ3n) is 5.18. The average molecular weight is 608 g/mol. The number of anilines is 2. The molecule has 186 valence electrons. The van der Waals surface area contributed by atoms with E-state index in [4.69, 9.17) is 28.6 Å². The number of nitrogens with zero attached hydrogens (tertiary/aromatic N) is 2. The molecule has 0 aliphatic rings. The van der Waals surface area contributed by atoms with Crippen LogP contribution >= 0.6 is 51.1 Å².